The molecule has 2 aromatic heterocycles. The van der Waals surface area contributed by atoms with Gasteiger partial charge in [0.05, 0.1) is 22.3 Å². The van der Waals surface area contributed by atoms with Crippen LogP contribution in [0, 0.1) is 24.1 Å². The number of carbonyl (C=O) groups excluding carboxylic acids is 1. The molecule has 1 amide bonds. The van der Waals surface area contributed by atoms with Crippen molar-refractivity contribution in [3.63, 3.8) is 0 Å². The predicted molar refractivity (Wildman–Crippen MR) is 88.5 cm³/mol. The van der Waals surface area contributed by atoms with Crippen LogP contribution in [-0.2, 0) is 0 Å². The van der Waals surface area contributed by atoms with Crippen molar-refractivity contribution in [3.8, 4) is 6.07 Å². The fraction of sp³-hybridized carbons (Fsp3) is 0.176. The van der Waals surface area contributed by atoms with Crippen LogP contribution in [-0.4, -0.2) is 29.1 Å². The third-order valence-corrected chi connectivity index (χ3v) is 3.62. The van der Waals surface area contributed by atoms with E-state index in [0.717, 1.165) is 0 Å². The summed E-state index contributed by atoms with van der Waals surface area (Å²) in [5.41, 5.74) is 1.77. The monoisotopic (exact) mass is 339 g/mol. The zero-order chi connectivity index (χ0) is 17.8. The molecule has 0 aliphatic rings. The first-order chi connectivity index (χ1) is 12.1. The highest BCUT2D eigenvalue weighted by atomic mass is 19.1. The van der Waals surface area contributed by atoms with Gasteiger partial charge in [0.1, 0.15) is 17.4 Å². The fourth-order valence-corrected chi connectivity index (χ4v) is 2.33. The van der Waals surface area contributed by atoms with Crippen molar-refractivity contribution in [2.75, 3.05) is 18.4 Å². The van der Waals surface area contributed by atoms with Crippen LogP contribution in [0.3, 0.4) is 0 Å². The van der Waals surface area contributed by atoms with E-state index < -0.39 is 5.82 Å². The maximum atomic E-state index is 13.5. The molecule has 0 unspecified atom stereocenters. The van der Waals surface area contributed by atoms with Crippen LogP contribution in [0.15, 0.2) is 35.0 Å². The van der Waals surface area contributed by atoms with Crippen LogP contribution < -0.4 is 10.6 Å². The minimum Gasteiger partial charge on any atom is -0.382 e. The Hall–Kier alpha value is -3.47. The van der Waals surface area contributed by atoms with Crippen LogP contribution in [0.25, 0.3) is 11.1 Å². The second-order valence-corrected chi connectivity index (χ2v) is 5.30. The van der Waals surface area contributed by atoms with Crippen LogP contribution in [0.5, 0.6) is 0 Å². The molecule has 0 bridgehead atoms. The number of nitrogens with zero attached hydrogens (tertiary/aromatic N) is 3. The number of halogens is 1. The number of nitriles is 1. The lowest BCUT2D eigenvalue weighted by molar-refractivity contribution is 0.0955. The number of aromatic nitrogens is 2. The standard InChI is InChI=1S/C17H14FN5O2/c1-10-12-7-11(9-22-17(12)25-23-10)16(24)21-6-5-20-15-4-2-3-14(18)13(15)8-19/h2-4,7,9,20H,5-6H2,1H3,(H,21,24). The number of fused-ring (bicyclic) bond motifs is 1. The lowest BCUT2D eigenvalue weighted by atomic mass is 10.2. The quantitative estimate of drug-likeness (QED) is 0.692. The summed E-state index contributed by atoms with van der Waals surface area (Å²) in [6.07, 6.45) is 1.41. The molecular weight excluding hydrogens is 325 g/mol. The number of hydrogen-bond acceptors (Lipinski definition) is 6. The molecule has 0 atom stereocenters. The van der Waals surface area contributed by atoms with Gasteiger partial charge in [-0.05, 0) is 25.1 Å². The molecule has 2 heterocycles. The number of hydrogen-bond donors (Lipinski definition) is 2. The van der Waals surface area contributed by atoms with Gasteiger partial charge < -0.3 is 15.2 Å². The molecule has 25 heavy (non-hydrogen) atoms. The highest BCUT2D eigenvalue weighted by Crippen LogP contribution is 2.18. The SMILES string of the molecule is Cc1noc2ncc(C(=O)NCCNc3cccc(F)c3C#N)cc12. The van der Waals surface area contributed by atoms with Gasteiger partial charge in [0.2, 0.25) is 0 Å². The molecule has 0 saturated carbocycles. The van der Waals surface area contributed by atoms with E-state index in [-0.39, 0.29) is 11.5 Å². The molecule has 3 rings (SSSR count). The van der Waals surface area contributed by atoms with E-state index >= 15 is 0 Å². The summed E-state index contributed by atoms with van der Waals surface area (Å²) in [7, 11) is 0. The highest BCUT2D eigenvalue weighted by molar-refractivity contribution is 5.96. The van der Waals surface area contributed by atoms with Crippen molar-refractivity contribution < 1.29 is 13.7 Å². The van der Waals surface area contributed by atoms with Gasteiger partial charge in [-0.15, -0.1) is 0 Å². The van der Waals surface area contributed by atoms with Gasteiger partial charge in [-0.2, -0.15) is 5.26 Å². The lowest BCUT2D eigenvalue weighted by Gasteiger charge is -2.09. The molecule has 3 aromatic rings. The van der Waals surface area contributed by atoms with Gasteiger partial charge in [0, 0.05) is 19.3 Å². The molecule has 0 aliphatic carbocycles. The first-order valence-corrected chi connectivity index (χ1v) is 7.53. The Balaban J connectivity index is 1.58. The summed E-state index contributed by atoms with van der Waals surface area (Å²) >= 11 is 0. The number of rotatable bonds is 5. The number of aryl methyl sites for hydroxylation is 1. The Labute approximate surface area is 142 Å². The second kappa shape index (κ2) is 6.97. The number of amides is 1. The molecular formula is C17H14FN5O2. The van der Waals surface area contributed by atoms with Crippen LogP contribution in [0.4, 0.5) is 10.1 Å². The summed E-state index contributed by atoms with van der Waals surface area (Å²) < 4.78 is 18.5. The van der Waals surface area contributed by atoms with Crippen LogP contribution in [0.1, 0.15) is 21.6 Å². The number of anilines is 1. The smallest absolute Gasteiger partial charge is 0.257 e. The van der Waals surface area contributed by atoms with E-state index in [9.17, 15) is 9.18 Å². The Bertz CT molecular complexity index is 977. The number of benzene rings is 1. The van der Waals surface area contributed by atoms with Crippen molar-refractivity contribution >= 4 is 22.7 Å². The molecule has 2 N–H and O–H groups in total. The van der Waals surface area contributed by atoms with E-state index in [1.807, 2.05) is 6.07 Å². The van der Waals surface area contributed by atoms with E-state index in [0.29, 0.717) is 41.1 Å². The van der Waals surface area contributed by atoms with Crippen molar-refractivity contribution in [1.82, 2.24) is 15.5 Å². The zero-order valence-electron chi connectivity index (χ0n) is 13.3. The Kier molecular flexibility index (Phi) is 4.57. The largest absolute Gasteiger partial charge is 0.382 e. The summed E-state index contributed by atoms with van der Waals surface area (Å²) in [5.74, 6) is -0.878. The summed E-state index contributed by atoms with van der Waals surface area (Å²) in [6, 6.07) is 7.82. The molecule has 0 saturated heterocycles. The maximum absolute atomic E-state index is 13.5. The van der Waals surface area contributed by atoms with Gasteiger partial charge in [-0.25, -0.2) is 9.37 Å². The summed E-state index contributed by atoms with van der Waals surface area (Å²) in [4.78, 5) is 16.2. The molecule has 7 nitrogen and oxygen atoms in total. The topological polar surface area (TPSA) is 104 Å². The minimum atomic E-state index is -0.583. The van der Waals surface area contributed by atoms with E-state index in [1.165, 1.54) is 18.3 Å². The molecule has 0 spiro atoms. The number of pyridine rings is 1. The predicted octanol–water partition coefficient (Wildman–Crippen LogP) is 2.38. The van der Waals surface area contributed by atoms with Crippen LogP contribution in [0.2, 0.25) is 0 Å². The third-order valence-electron chi connectivity index (χ3n) is 3.62. The Morgan fingerprint density at radius 1 is 1.40 bits per heavy atom. The molecule has 0 fully saturated rings. The maximum Gasteiger partial charge on any atom is 0.257 e. The molecule has 1 aromatic carbocycles. The van der Waals surface area contributed by atoms with Gasteiger partial charge >= 0.3 is 0 Å². The van der Waals surface area contributed by atoms with Gasteiger partial charge in [0.25, 0.3) is 11.6 Å². The first kappa shape index (κ1) is 16.4. The number of carbonyl (C=O) groups is 1. The van der Waals surface area contributed by atoms with Gasteiger partial charge in [-0.1, -0.05) is 11.2 Å². The molecule has 8 heteroatoms. The van der Waals surface area contributed by atoms with Crippen molar-refractivity contribution in [1.29, 1.82) is 5.26 Å². The summed E-state index contributed by atoms with van der Waals surface area (Å²) in [5, 5.41) is 19.1. The van der Waals surface area contributed by atoms with Crippen molar-refractivity contribution in [2.24, 2.45) is 0 Å². The van der Waals surface area contributed by atoms with Crippen molar-refractivity contribution in [3.05, 3.63) is 53.1 Å². The molecule has 0 aliphatic heterocycles. The average Bonchev–Trinajstić information content (AvgIpc) is 2.99. The number of nitrogens with one attached hydrogen (secondary N) is 2. The minimum absolute atomic E-state index is 0.0496. The Morgan fingerprint density at radius 2 is 2.24 bits per heavy atom. The van der Waals surface area contributed by atoms with E-state index in [1.54, 1.807) is 19.1 Å². The van der Waals surface area contributed by atoms with Crippen molar-refractivity contribution in [2.45, 2.75) is 6.92 Å². The molecule has 0 radical (unpaired) electrons. The van der Waals surface area contributed by atoms with Gasteiger partial charge in [0.15, 0.2) is 0 Å². The molecule has 126 valence electrons. The third kappa shape index (κ3) is 3.40. The zero-order valence-corrected chi connectivity index (χ0v) is 13.3. The van der Waals surface area contributed by atoms with E-state index in [4.69, 9.17) is 9.78 Å². The average molecular weight is 339 g/mol. The normalized spacial score (nSPS) is 10.4. The highest BCUT2D eigenvalue weighted by Gasteiger charge is 2.11. The Morgan fingerprint density at radius 3 is 3.04 bits per heavy atom. The lowest BCUT2D eigenvalue weighted by Crippen LogP contribution is -2.29. The van der Waals surface area contributed by atoms with Crippen LogP contribution >= 0.6 is 0 Å². The van der Waals surface area contributed by atoms with Gasteiger partial charge in [-0.3, -0.25) is 4.79 Å². The van der Waals surface area contributed by atoms with E-state index in [2.05, 4.69) is 20.8 Å². The fourth-order valence-electron chi connectivity index (χ4n) is 2.33. The summed E-state index contributed by atoms with van der Waals surface area (Å²) in [6.45, 7) is 2.40. The first-order valence-electron chi connectivity index (χ1n) is 7.53. The second-order valence-electron chi connectivity index (χ2n) is 5.30.